The Kier molecular flexibility index (Phi) is 7.02. The zero-order chi connectivity index (χ0) is 26.7. The second-order valence-electron chi connectivity index (χ2n) is 8.21. The van der Waals surface area contributed by atoms with E-state index in [9.17, 15) is 28.4 Å². The smallest absolute Gasteiger partial charge is 0.320 e. The van der Waals surface area contributed by atoms with Crippen LogP contribution in [-0.4, -0.2) is 37.3 Å². The highest BCUT2D eigenvalue weighted by atomic mass is 32.2. The van der Waals surface area contributed by atoms with Crippen LogP contribution in [-0.2, 0) is 10.0 Å². The third-order valence-electron chi connectivity index (χ3n) is 5.54. The van der Waals surface area contributed by atoms with Crippen LogP contribution in [0.15, 0.2) is 66.7 Å². The molecule has 3 aromatic rings. The van der Waals surface area contributed by atoms with Gasteiger partial charge in [0.05, 0.1) is 29.5 Å². The van der Waals surface area contributed by atoms with Gasteiger partial charge in [-0.3, -0.25) is 14.8 Å². The largest absolute Gasteiger partial charge is 0.500 e. The van der Waals surface area contributed by atoms with Crippen LogP contribution in [0.4, 0.5) is 16.2 Å². The van der Waals surface area contributed by atoms with Crippen molar-refractivity contribution in [1.82, 2.24) is 10.6 Å². The third-order valence-corrected chi connectivity index (χ3v) is 6.15. The number of phenols is 1. The van der Waals surface area contributed by atoms with Gasteiger partial charge in [0.1, 0.15) is 0 Å². The number of nitrogens with zero attached hydrogens (tertiary/aromatic N) is 1. The SMILES string of the molecule is CCOc1cc(C2NC(=O)NC(c3ccc(NS(C)(=O)=O)cc3)=C2c2ccccc2)cc([N+](=O)[O-])c1O. The Morgan fingerprint density at radius 3 is 2.35 bits per heavy atom. The first-order valence-electron chi connectivity index (χ1n) is 11.2. The summed E-state index contributed by atoms with van der Waals surface area (Å²) in [7, 11) is -3.47. The molecule has 11 nitrogen and oxygen atoms in total. The molecule has 12 heteroatoms. The number of carbonyl (C=O) groups excluding carboxylic acids is 1. The quantitative estimate of drug-likeness (QED) is 0.256. The number of phenolic OH excluding ortho intramolecular Hbond substituents is 1. The summed E-state index contributed by atoms with van der Waals surface area (Å²) < 4.78 is 31.0. The molecule has 0 spiro atoms. The fraction of sp³-hybridized carbons (Fsp3) is 0.160. The summed E-state index contributed by atoms with van der Waals surface area (Å²) in [6.07, 6.45) is 1.04. The summed E-state index contributed by atoms with van der Waals surface area (Å²) >= 11 is 0. The number of nitrogens with one attached hydrogen (secondary N) is 3. The Balaban J connectivity index is 1.93. The minimum Gasteiger partial charge on any atom is -0.500 e. The molecular weight excluding hydrogens is 500 g/mol. The van der Waals surface area contributed by atoms with Crippen LogP contribution >= 0.6 is 0 Å². The zero-order valence-corrected chi connectivity index (χ0v) is 20.7. The molecular formula is C25H24N4O7S. The Hall–Kier alpha value is -4.58. The molecule has 2 amide bonds. The molecule has 1 heterocycles. The lowest BCUT2D eigenvalue weighted by molar-refractivity contribution is -0.386. The van der Waals surface area contributed by atoms with Crippen LogP contribution in [0.5, 0.6) is 11.5 Å². The Bertz CT molecular complexity index is 1490. The number of amides is 2. The number of benzene rings is 3. The summed E-state index contributed by atoms with van der Waals surface area (Å²) in [5, 5.41) is 27.7. The summed E-state index contributed by atoms with van der Waals surface area (Å²) in [5.41, 5.74) is 2.46. The number of ether oxygens (including phenoxy) is 1. The summed E-state index contributed by atoms with van der Waals surface area (Å²) in [6, 6.07) is 16.8. The molecule has 4 N–H and O–H groups in total. The number of hydrogen-bond acceptors (Lipinski definition) is 7. The van der Waals surface area contributed by atoms with E-state index in [4.69, 9.17) is 4.74 Å². The normalized spacial score (nSPS) is 15.5. The van der Waals surface area contributed by atoms with E-state index in [1.807, 2.05) is 30.3 Å². The lowest BCUT2D eigenvalue weighted by Gasteiger charge is -2.31. The number of carbonyl (C=O) groups is 1. The summed E-state index contributed by atoms with van der Waals surface area (Å²) in [6.45, 7) is 1.84. The van der Waals surface area contributed by atoms with Gasteiger partial charge >= 0.3 is 11.7 Å². The van der Waals surface area contributed by atoms with E-state index in [2.05, 4.69) is 15.4 Å². The molecule has 192 valence electrons. The first-order chi connectivity index (χ1) is 17.6. The first-order valence-corrected chi connectivity index (χ1v) is 13.1. The topological polar surface area (TPSA) is 160 Å². The number of anilines is 1. The summed E-state index contributed by atoms with van der Waals surface area (Å²) in [4.78, 5) is 23.8. The average molecular weight is 525 g/mol. The number of urea groups is 1. The Morgan fingerprint density at radius 2 is 1.76 bits per heavy atom. The fourth-order valence-corrected chi connectivity index (χ4v) is 4.64. The van der Waals surface area contributed by atoms with Gasteiger partial charge in [-0.1, -0.05) is 42.5 Å². The van der Waals surface area contributed by atoms with Gasteiger partial charge in [0.2, 0.25) is 15.8 Å². The highest BCUT2D eigenvalue weighted by Crippen LogP contribution is 2.44. The standard InChI is InChI=1S/C25H24N4O7S/c1-3-36-20-14-17(13-19(24(20)30)29(32)33)23-21(15-7-5-4-6-8-15)22(26-25(31)27-23)16-9-11-18(12-10-16)28-37(2,34)35/h4-14,23,28,30H,3H2,1-2H3,(H2,26,27,31). The molecule has 0 saturated heterocycles. The summed E-state index contributed by atoms with van der Waals surface area (Å²) in [5.74, 6) is -0.681. The minimum absolute atomic E-state index is 0.0790. The average Bonchev–Trinajstić information content (AvgIpc) is 2.84. The number of aromatic hydroxyl groups is 1. The molecule has 0 aromatic heterocycles. The van der Waals surface area contributed by atoms with Crippen molar-refractivity contribution in [2.45, 2.75) is 13.0 Å². The predicted molar refractivity (Wildman–Crippen MR) is 139 cm³/mol. The Labute approximate surface area is 213 Å². The van der Waals surface area contributed by atoms with Gasteiger partial charge in [-0.2, -0.15) is 0 Å². The minimum atomic E-state index is -3.47. The lowest BCUT2D eigenvalue weighted by Crippen LogP contribution is -2.43. The second kappa shape index (κ2) is 10.2. The molecule has 0 fully saturated rings. The molecule has 3 aromatic carbocycles. The number of sulfonamides is 1. The number of nitro groups is 1. The highest BCUT2D eigenvalue weighted by molar-refractivity contribution is 7.92. The molecule has 1 aliphatic rings. The van der Waals surface area contributed by atoms with Crippen LogP contribution in [0, 0.1) is 10.1 Å². The second-order valence-corrected chi connectivity index (χ2v) is 9.96. The number of rotatable bonds is 8. The molecule has 1 aliphatic heterocycles. The van der Waals surface area contributed by atoms with Crippen molar-refractivity contribution in [1.29, 1.82) is 0 Å². The van der Waals surface area contributed by atoms with Gasteiger partial charge in [-0.25, -0.2) is 13.2 Å². The molecule has 0 aliphatic carbocycles. The van der Waals surface area contributed by atoms with Crippen LogP contribution in [0.1, 0.15) is 29.7 Å². The van der Waals surface area contributed by atoms with Gasteiger partial charge in [0.25, 0.3) is 0 Å². The van der Waals surface area contributed by atoms with Crippen LogP contribution in [0.25, 0.3) is 11.3 Å². The lowest BCUT2D eigenvalue weighted by atomic mass is 9.87. The molecule has 37 heavy (non-hydrogen) atoms. The van der Waals surface area contributed by atoms with E-state index < -0.39 is 38.5 Å². The van der Waals surface area contributed by atoms with Crippen molar-refractivity contribution in [2.24, 2.45) is 0 Å². The van der Waals surface area contributed by atoms with E-state index in [0.29, 0.717) is 28.1 Å². The van der Waals surface area contributed by atoms with E-state index in [1.165, 1.54) is 12.1 Å². The van der Waals surface area contributed by atoms with Crippen molar-refractivity contribution in [3.05, 3.63) is 93.5 Å². The monoisotopic (exact) mass is 524 g/mol. The molecule has 4 rings (SSSR count). The fourth-order valence-electron chi connectivity index (χ4n) is 4.08. The number of hydrogen-bond donors (Lipinski definition) is 4. The maximum atomic E-state index is 12.8. The van der Waals surface area contributed by atoms with Crippen molar-refractivity contribution < 1.29 is 28.0 Å². The van der Waals surface area contributed by atoms with Crippen molar-refractivity contribution in [3.63, 3.8) is 0 Å². The Morgan fingerprint density at radius 1 is 1.08 bits per heavy atom. The van der Waals surface area contributed by atoms with Crippen LogP contribution in [0.2, 0.25) is 0 Å². The van der Waals surface area contributed by atoms with Crippen molar-refractivity contribution >= 4 is 38.7 Å². The highest BCUT2D eigenvalue weighted by Gasteiger charge is 2.33. The van der Waals surface area contributed by atoms with Gasteiger partial charge in [-0.05, 0) is 41.8 Å². The van der Waals surface area contributed by atoms with Crippen molar-refractivity contribution in [3.8, 4) is 11.5 Å². The van der Waals surface area contributed by atoms with Crippen molar-refractivity contribution in [2.75, 3.05) is 17.6 Å². The van der Waals surface area contributed by atoms with Crippen LogP contribution in [0.3, 0.4) is 0 Å². The third kappa shape index (κ3) is 5.64. The van der Waals surface area contributed by atoms with Gasteiger partial charge in [-0.15, -0.1) is 0 Å². The van der Waals surface area contributed by atoms with Gasteiger partial charge < -0.3 is 20.5 Å². The number of nitro benzene ring substituents is 1. The van der Waals surface area contributed by atoms with E-state index >= 15 is 0 Å². The molecule has 0 saturated carbocycles. The van der Waals surface area contributed by atoms with E-state index in [-0.39, 0.29) is 12.4 Å². The molecule has 1 atom stereocenters. The first kappa shape index (κ1) is 25.5. The van der Waals surface area contributed by atoms with Gasteiger partial charge in [0, 0.05) is 17.3 Å². The maximum absolute atomic E-state index is 12.8. The maximum Gasteiger partial charge on any atom is 0.320 e. The van der Waals surface area contributed by atoms with E-state index in [0.717, 1.165) is 11.8 Å². The van der Waals surface area contributed by atoms with E-state index in [1.54, 1.807) is 31.2 Å². The molecule has 1 unspecified atom stereocenters. The zero-order valence-electron chi connectivity index (χ0n) is 19.9. The molecule has 0 bridgehead atoms. The molecule has 0 radical (unpaired) electrons. The van der Waals surface area contributed by atoms with Gasteiger partial charge in [0.15, 0.2) is 5.75 Å². The predicted octanol–water partition coefficient (Wildman–Crippen LogP) is 3.99. The van der Waals surface area contributed by atoms with Crippen LogP contribution < -0.4 is 20.1 Å².